The minimum absolute atomic E-state index is 0.0480. The van der Waals surface area contributed by atoms with E-state index >= 15 is 0 Å². The molecule has 1 saturated carbocycles. The third kappa shape index (κ3) is 4.07. The molecule has 0 spiro atoms. The molecular formula is C24H29NO2S. The number of anilines is 1. The van der Waals surface area contributed by atoms with Gasteiger partial charge in [-0.15, -0.1) is 11.8 Å². The van der Waals surface area contributed by atoms with Crippen molar-refractivity contribution in [2.45, 2.75) is 62.2 Å². The quantitative estimate of drug-likeness (QED) is 0.472. The number of carbonyl (C=O) groups excluding carboxylic acids is 1. The Hall–Kier alpha value is -1.94. The summed E-state index contributed by atoms with van der Waals surface area (Å²) in [5.41, 5.74) is 2.92. The zero-order chi connectivity index (χ0) is 19.6. The summed E-state index contributed by atoms with van der Waals surface area (Å²) in [7, 11) is 0. The first kappa shape index (κ1) is 19.4. The van der Waals surface area contributed by atoms with Crippen molar-refractivity contribution in [3.8, 4) is 5.75 Å². The average Bonchev–Trinajstić information content (AvgIpc) is 2.95. The van der Waals surface area contributed by atoms with E-state index in [0.29, 0.717) is 6.61 Å². The largest absolute Gasteiger partial charge is 0.493 e. The van der Waals surface area contributed by atoms with E-state index in [2.05, 4.69) is 29.6 Å². The number of carbonyl (C=O) groups is 1. The van der Waals surface area contributed by atoms with Gasteiger partial charge in [0, 0.05) is 16.3 Å². The van der Waals surface area contributed by atoms with E-state index in [1.165, 1.54) is 42.6 Å². The zero-order valence-corrected chi connectivity index (χ0v) is 17.6. The molecule has 0 saturated heterocycles. The summed E-state index contributed by atoms with van der Waals surface area (Å²) >= 11 is 1.83. The molecule has 4 rings (SSSR count). The topological polar surface area (TPSA) is 38.3 Å². The molecular weight excluding hydrogens is 366 g/mol. The van der Waals surface area contributed by atoms with Crippen LogP contribution in [0.25, 0.3) is 0 Å². The molecule has 2 aromatic rings. The number of fused-ring (bicyclic) bond motifs is 1. The number of rotatable bonds is 6. The second-order valence-electron chi connectivity index (χ2n) is 8.39. The molecule has 2 aromatic carbocycles. The molecule has 1 aliphatic heterocycles. The molecule has 148 valence electrons. The highest BCUT2D eigenvalue weighted by Crippen LogP contribution is 2.39. The van der Waals surface area contributed by atoms with Crippen LogP contribution in [0, 0.1) is 0 Å². The third-order valence-electron chi connectivity index (χ3n) is 6.06. The van der Waals surface area contributed by atoms with Crippen molar-refractivity contribution in [3.63, 3.8) is 0 Å². The smallest absolute Gasteiger partial charge is 0.234 e. The number of benzene rings is 2. The first-order valence-electron chi connectivity index (χ1n) is 10.4. The van der Waals surface area contributed by atoms with Crippen LogP contribution in [0.4, 0.5) is 5.69 Å². The molecule has 1 N–H and O–H groups in total. The average molecular weight is 396 g/mol. The van der Waals surface area contributed by atoms with Crippen LogP contribution in [-0.4, -0.2) is 18.3 Å². The van der Waals surface area contributed by atoms with E-state index < -0.39 is 5.41 Å². The van der Waals surface area contributed by atoms with Gasteiger partial charge in [0.1, 0.15) is 5.75 Å². The standard InChI is InChI=1S/C24H29NO2S/c1-24(2)21-16-19(10-13-22(21)25-23(24)26)27-14-15-28-20-11-8-18(9-12-20)17-6-4-3-5-7-17/h8-13,16-17H,3-7,14-15H2,1-2H3,(H,25,26). The highest BCUT2D eigenvalue weighted by molar-refractivity contribution is 7.99. The van der Waals surface area contributed by atoms with Crippen molar-refractivity contribution in [1.82, 2.24) is 0 Å². The summed E-state index contributed by atoms with van der Waals surface area (Å²) in [6.45, 7) is 4.55. The van der Waals surface area contributed by atoms with Gasteiger partial charge in [-0.05, 0) is 74.1 Å². The summed E-state index contributed by atoms with van der Waals surface area (Å²) in [5, 5.41) is 2.93. The molecule has 3 nitrogen and oxygen atoms in total. The van der Waals surface area contributed by atoms with E-state index in [0.717, 1.165) is 28.7 Å². The minimum Gasteiger partial charge on any atom is -0.493 e. The zero-order valence-electron chi connectivity index (χ0n) is 16.8. The molecule has 0 atom stereocenters. The Labute approximate surface area is 172 Å². The van der Waals surface area contributed by atoms with E-state index in [9.17, 15) is 4.79 Å². The lowest BCUT2D eigenvalue weighted by molar-refractivity contribution is -0.119. The van der Waals surface area contributed by atoms with Crippen molar-refractivity contribution in [2.24, 2.45) is 0 Å². The fraction of sp³-hybridized carbons (Fsp3) is 0.458. The maximum atomic E-state index is 12.1. The van der Waals surface area contributed by atoms with Crippen LogP contribution >= 0.6 is 11.8 Å². The van der Waals surface area contributed by atoms with Crippen molar-refractivity contribution in [1.29, 1.82) is 0 Å². The van der Waals surface area contributed by atoms with Gasteiger partial charge in [0.2, 0.25) is 5.91 Å². The van der Waals surface area contributed by atoms with Crippen LogP contribution in [0.5, 0.6) is 5.75 Å². The Balaban J connectivity index is 1.27. The summed E-state index contributed by atoms with van der Waals surface area (Å²) in [6.07, 6.45) is 6.85. The minimum atomic E-state index is -0.496. The van der Waals surface area contributed by atoms with Crippen molar-refractivity contribution < 1.29 is 9.53 Å². The van der Waals surface area contributed by atoms with Crippen LogP contribution < -0.4 is 10.1 Å². The highest BCUT2D eigenvalue weighted by Gasteiger charge is 2.38. The van der Waals surface area contributed by atoms with Gasteiger partial charge in [-0.3, -0.25) is 4.79 Å². The van der Waals surface area contributed by atoms with E-state index in [1.54, 1.807) is 0 Å². The fourth-order valence-corrected chi connectivity index (χ4v) is 4.96. The van der Waals surface area contributed by atoms with Gasteiger partial charge in [0.05, 0.1) is 12.0 Å². The number of nitrogens with one attached hydrogen (secondary N) is 1. The highest BCUT2D eigenvalue weighted by atomic mass is 32.2. The van der Waals surface area contributed by atoms with Gasteiger partial charge in [-0.2, -0.15) is 0 Å². The molecule has 0 radical (unpaired) electrons. The van der Waals surface area contributed by atoms with Gasteiger partial charge in [-0.1, -0.05) is 31.4 Å². The predicted molar refractivity (Wildman–Crippen MR) is 117 cm³/mol. The first-order chi connectivity index (χ1) is 13.5. The number of hydrogen-bond donors (Lipinski definition) is 1. The normalized spacial score (nSPS) is 18.6. The Morgan fingerprint density at radius 3 is 2.57 bits per heavy atom. The molecule has 1 aliphatic carbocycles. The van der Waals surface area contributed by atoms with Crippen LogP contribution in [-0.2, 0) is 10.2 Å². The lowest BCUT2D eigenvalue weighted by Crippen LogP contribution is -2.26. The van der Waals surface area contributed by atoms with Gasteiger partial charge in [-0.25, -0.2) is 0 Å². The monoisotopic (exact) mass is 395 g/mol. The number of hydrogen-bond acceptors (Lipinski definition) is 3. The first-order valence-corrected chi connectivity index (χ1v) is 11.3. The summed E-state index contributed by atoms with van der Waals surface area (Å²) < 4.78 is 5.94. The van der Waals surface area contributed by atoms with E-state index in [-0.39, 0.29) is 5.91 Å². The van der Waals surface area contributed by atoms with Crippen molar-refractivity contribution in [3.05, 3.63) is 53.6 Å². The Kier molecular flexibility index (Phi) is 5.68. The molecule has 2 aliphatic rings. The van der Waals surface area contributed by atoms with Crippen LogP contribution in [0.1, 0.15) is 63.0 Å². The van der Waals surface area contributed by atoms with Crippen molar-refractivity contribution >= 4 is 23.4 Å². The lowest BCUT2D eigenvalue weighted by Gasteiger charge is -2.22. The SMILES string of the molecule is CC1(C)C(=O)Nc2ccc(OCCSc3ccc(C4CCCCC4)cc3)cc21. The van der Waals surface area contributed by atoms with Gasteiger partial charge in [0.15, 0.2) is 0 Å². The van der Waals surface area contributed by atoms with Crippen LogP contribution in [0.2, 0.25) is 0 Å². The van der Waals surface area contributed by atoms with Crippen LogP contribution in [0.15, 0.2) is 47.4 Å². The number of amides is 1. The molecule has 1 amide bonds. The number of thioether (sulfide) groups is 1. The predicted octanol–water partition coefficient (Wildman–Crippen LogP) is 6.14. The Morgan fingerprint density at radius 1 is 1.07 bits per heavy atom. The maximum absolute atomic E-state index is 12.1. The van der Waals surface area contributed by atoms with E-state index in [1.807, 2.05) is 43.8 Å². The molecule has 4 heteroatoms. The second kappa shape index (κ2) is 8.20. The third-order valence-corrected chi connectivity index (χ3v) is 7.03. The molecule has 0 bridgehead atoms. The lowest BCUT2D eigenvalue weighted by atomic mass is 9.84. The summed E-state index contributed by atoms with van der Waals surface area (Å²) in [6, 6.07) is 15.0. The van der Waals surface area contributed by atoms with E-state index in [4.69, 9.17) is 4.74 Å². The summed E-state index contributed by atoms with van der Waals surface area (Å²) in [4.78, 5) is 13.4. The summed E-state index contributed by atoms with van der Waals surface area (Å²) in [5.74, 6) is 2.55. The molecule has 1 heterocycles. The molecule has 0 unspecified atom stereocenters. The van der Waals surface area contributed by atoms with Gasteiger partial charge < -0.3 is 10.1 Å². The number of ether oxygens (including phenoxy) is 1. The van der Waals surface area contributed by atoms with Gasteiger partial charge in [0.25, 0.3) is 0 Å². The second-order valence-corrected chi connectivity index (χ2v) is 9.56. The molecule has 0 aromatic heterocycles. The van der Waals surface area contributed by atoms with Gasteiger partial charge >= 0.3 is 0 Å². The Morgan fingerprint density at radius 2 is 1.82 bits per heavy atom. The molecule has 28 heavy (non-hydrogen) atoms. The van der Waals surface area contributed by atoms with Crippen LogP contribution in [0.3, 0.4) is 0 Å². The van der Waals surface area contributed by atoms with Crippen molar-refractivity contribution in [2.75, 3.05) is 17.7 Å². The Bertz CT molecular complexity index is 838. The molecule has 1 fully saturated rings. The maximum Gasteiger partial charge on any atom is 0.234 e. The fourth-order valence-electron chi connectivity index (χ4n) is 4.23.